The SMILES string of the molecule is CS(=O)(=O)N(CC(=O)NCCOCc1ccccc1)c1cccc(Cl)c1Cl. The summed E-state index contributed by atoms with van der Waals surface area (Å²) in [6.45, 7) is 0.589. The van der Waals surface area contributed by atoms with Gasteiger partial charge in [0.05, 0.1) is 35.2 Å². The quantitative estimate of drug-likeness (QED) is 0.620. The summed E-state index contributed by atoms with van der Waals surface area (Å²) in [6, 6.07) is 14.2. The molecule has 0 aliphatic carbocycles. The second-order valence-corrected chi connectivity index (χ2v) is 8.42. The smallest absolute Gasteiger partial charge is 0.240 e. The van der Waals surface area contributed by atoms with Crippen molar-refractivity contribution < 1.29 is 17.9 Å². The van der Waals surface area contributed by atoms with Gasteiger partial charge in [0, 0.05) is 6.54 Å². The Labute approximate surface area is 169 Å². The Morgan fingerprint density at radius 2 is 1.81 bits per heavy atom. The van der Waals surface area contributed by atoms with Gasteiger partial charge < -0.3 is 10.1 Å². The molecule has 0 atom stereocenters. The normalized spacial score (nSPS) is 11.2. The summed E-state index contributed by atoms with van der Waals surface area (Å²) in [7, 11) is -3.73. The first kappa shape index (κ1) is 21.5. The number of halogens is 2. The van der Waals surface area contributed by atoms with E-state index in [2.05, 4.69) is 5.32 Å². The molecule has 0 aliphatic rings. The lowest BCUT2D eigenvalue weighted by Crippen LogP contribution is -2.41. The number of carbonyl (C=O) groups excluding carboxylic acids is 1. The highest BCUT2D eigenvalue weighted by Crippen LogP contribution is 2.33. The molecule has 27 heavy (non-hydrogen) atoms. The average Bonchev–Trinajstić information content (AvgIpc) is 2.62. The van der Waals surface area contributed by atoms with E-state index in [4.69, 9.17) is 27.9 Å². The average molecular weight is 431 g/mol. The van der Waals surface area contributed by atoms with Crippen molar-refractivity contribution in [2.24, 2.45) is 0 Å². The Balaban J connectivity index is 1.88. The summed E-state index contributed by atoms with van der Waals surface area (Å²) in [5.41, 5.74) is 1.19. The molecule has 0 spiro atoms. The van der Waals surface area contributed by atoms with E-state index in [1.54, 1.807) is 6.07 Å². The largest absolute Gasteiger partial charge is 0.375 e. The molecule has 0 aliphatic heterocycles. The molecule has 2 rings (SSSR count). The summed E-state index contributed by atoms with van der Waals surface area (Å²) >= 11 is 12.0. The molecule has 2 aromatic carbocycles. The van der Waals surface area contributed by atoms with Crippen LogP contribution in [0.15, 0.2) is 48.5 Å². The van der Waals surface area contributed by atoms with Crippen molar-refractivity contribution in [1.82, 2.24) is 5.32 Å². The van der Waals surface area contributed by atoms with Crippen LogP contribution in [0.4, 0.5) is 5.69 Å². The molecule has 0 fully saturated rings. The lowest BCUT2D eigenvalue weighted by Gasteiger charge is -2.23. The summed E-state index contributed by atoms with van der Waals surface area (Å²) in [4.78, 5) is 12.2. The summed E-state index contributed by atoms with van der Waals surface area (Å²) < 4.78 is 30.6. The third-order valence-corrected chi connectivity index (χ3v) is 5.50. The van der Waals surface area contributed by atoms with Crippen LogP contribution in [-0.2, 0) is 26.2 Å². The minimum Gasteiger partial charge on any atom is -0.375 e. The van der Waals surface area contributed by atoms with Gasteiger partial charge in [-0.2, -0.15) is 0 Å². The first-order valence-electron chi connectivity index (χ1n) is 8.09. The van der Waals surface area contributed by atoms with Gasteiger partial charge in [-0.3, -0.25) is 9.10 Å². The number of hydrogen-bond acceptors (Lipinski definition) is 4. The molecule has 0 saturated heterocycles. The number of nitrogens with zero attached hydrogens (tertiary/aromatic N) is 1. The highest BCUT2D eigenvalue weighted by molar-refractivity contribution is 7.92. The van der Waals surface area contributed by atoms with Crippen molar-refractivity contribution in [3.8, 4) is 0 Å². The third kappa shape index (κ3) is 6.70. The first-order chi connectivity index (χ1) is 12.8. The van der Waals surface area contributed by atoms with Crippen LogP contribution in [0, 0.1) is 0 Å². The maximum absolute atomic E-state index is 12.2. The zero-order valence-electron chi connectivity index (χ0n) is 14.7. The zero-order valence-corrected chi connectivity index (χ0v) is 17.0. The van der Waals surface area contributed by atoms with Crippen LogP contribution in [0.1, 0.15) is 5.56 Å². The van der Waals surface area contributed by atoms with Crippen LogP contribution in [0.25, 0.3) is 0 Å². The molecule has 6 nitrogen and oxygen atoms in total. The van der Waals surface area contributed by atoms with Gasteiger partial charge in [-0.25, -0.2) is 8.42 Å². The van der Waals surface area contributed by atoms with Crippen LogP contribution in [-0.4, -0.2) is 40.3 Å². The Morgan fingerprint density at radius 3 is 2.48 bits per heavy atom. The van der Waals surface area contributed by atoms with Gasteiger partial charge in [0.15, 0.2) is 0 Å². The van der Waals surface area contributed by atoms with E-state index < -0.39 is 22.5 Å². The van der Waals surface area contributed by atoms with Crippen molar-refractivity contribution in [1.29, 1.82) is 0 Å². The maximum Gasteiger partial charge on any atom is 0.240 e. The van der Waals surface area contributed by atoms with Gasteiger partial charge in [0.2, 0.25) is 15.9 Å². The van der Waals surface area contributed by atoms with Gasteiger partial charge in [-0.1, -0.05) is 59.6 Å². The number of nitrogens with one attached hydrogen (secondary N) is 1. The lowest BCUT2D eigenvalue weighted by atomic mass is 10.2. The number of benzene rings is 2. The Kier molecular flexibility index (Phi) is 7.91. The first-order valence-corrected chi connectivity index (χ1v) is 10.7. The molecule has 1 N–H and O–H groups in total. The van der Waals surface area contributed by atoms with E-state index in [9.17, 15) is 13.2 Å². The molecule has 0 unspecified atom stereocenters. The Hall–Kier alpha value is -1.80. The Morgan fingerprint density at radius 1 is 1.11 bits per heavy atom. The fourth-order valence-electron chi connectivity index (χ4n) is 2.28. The van der Waals surface area contributed by atoms with Crippen LogP contribution in [0.2, 0.25) is 10.0 Å². The van der Waals surface area contributed by atoms with Crippen LogP contribution < -0.4 is 9.62 Å². The number of ether oxygens (including phenoxy) is 1. The van der Waals surface area contributed by atoms with Crippen LogP contribution in [0.3, 0.4) is 0 Å². The molecule has 0 radical (unpaired) electrons. The summed E-state index contributed by atoms with van der Waals surface area (Å²) in [5, 5.41) is 2.91. The molecule has 0 aromatic heterocycles. The lowest BCUT2D eigenvalue weighted by molar-refractivity contribution is -0.119. The van der Waals surface area contributed by atoms with Gasteiger partial charge in [-0.15, -0.1) is 0 Å². The topological polar surface area (TPSA) is 75.7 Å². The second-order valence-electron chi connectivity index (χ2n) is 5.73. The number of anilines is 1. The van der Waals surface area contributed by atoms with Gasteiger partial charge in [0.25, 0.3) is 0 Å². The van der Waals surface area contributed by atoms with E-state index in [0.717, 1.165) is 16.1 Å². The highest BCUT2D eigenvalue weighted by atomic mass is 35.5. The number of sulfonamides is 1. The predicted octanol–water partition coefficient (Wildman–Crippen LogP) is 3.09. The monoisotopic (exact) mass is 430 g/mol. The molecule has 1 amide bonds. The minimum absolute atomic E-state index is 0.0728. The molecule has 146 valence electrons. The number of carbonyl (C=O) groups is 1. The fraction of sp³-hybridized carbons (Fsp3) is 0.278. The van der Waals surface area contributed by atoms with Gasteiger partial charge in [-0.05, 0) is 17.7 Å². The van der Waals surface area contributed by atoms with Gasteiger partial charge >= 0.3 is 0 Å². The number of hydrogen-bond donors (Lipinski definition) is 1. The molecule has 0 heterocycles. The van der Waals surface area contributed by atoms with E-state index in [0.29, 0.717) is 13.2 Å². The molecule has 9 heteroatoms. The van der Waals surface area contributed by atoms with Crippen molar-refractivity contribution in [3.05, 3.63) is 64.1 Å². The molecule has 0 bridgehead atoms. The number of rotatable bonds is 9. The second kappa shape index (κ2) is 9.94. The molecule has 0 saturated carbocycles. The minimum atomic E-state index is -3.73. The van der Waals surface area contributed by atoms with E-state index in [1.165, 1.54) is 12.1 Å². The highest BCUT2D eigenvalue weighted by Gasteiger charge is 2.23. The standard InChI is InChI=1S/C18H20Cl2N2O4S/c1-27(24,25)22(16-9-5-8-15(19)18(16)20)12-17(23)21-10-11-26-13-14-6-3-2-4-7-14/h2-9H,10-13H2,1H3,(H,21,23). The summed E-state index contributed by atoms with van der Waals surface area (Å²) in [6.07, 6.45) is 1.00. The van der Waals surface area contributed by atoms with E-state index in [1.807, 2.05) is 30.3 Å². The van der Waals surface area contributed by atoms with Gasteiger partial charge in [0.1, 0.15) is 6.54 Å². The van der Waals surface area contributed by atoms with Crippen LogP contribution in [0.5, 0.6) is 0 Å². The molecule has 2 aromatic rings. The van der Waals surface area contributed by atoms with E-state index >= 15 is 0 Å². The van der Waals surface area contributed by atoms with Crippen molar-refractivity contribution >= 4 is 44.8 Å². The maximum atomic E-state index is 12.2. The number of amides is 1. The van der Waals surface area contributed by atoms with Crippen molar-refractivity contribution in [3.63, 3.8) is 0 Å². The summed E-state index contributed by atoms with van der Waals surface area (Å²) in [5.74, 6) is -0.472. The fourth-order valence-corrected chi connectivity index (χ4v) is 3.59. The predicted molar refractivity (Wildman–Crippen MR) is 108 cm³/mol. The molecular formula is C18H20Cl2N2O4S. The van der Waals surface area contributed by atoms with E-state index in [-0.39, 0.29) is 22.3 Å². The van der Waals surface area contributed by atoms with Crippen LogP contribution >= 0.6 is 23.2 Å². The zero-order chi connectivity index (χ0) is 19.9. The van der Waals surface area contributed by atoms with Crippen molar-refractivity contribution in [2.75, 3.05) is 30.3 Å². The molecular weight excluding hydrogens is 411 g/mol. The Bertz CT molecular complexity index is 876. The third-order valence-electron chi connectivity index (χ3n) is 3.57. The van der Waals surface area contributed by atoms with Crippen molar-refractivity contribution in [2.45, 2.75) is 6.61 Å².